The topological polar surface area (TPSA) is 38.4 Å². The smallest absolute Gasteiger partial charge is 0.209 e. The fourth-order valence-electron chi connectivity index (χ4n) is 3.02. The van der Waals surface area contributed by atoms with Crippen LogP contribution in [0.4, 0.5) is 5.13 Å². The number of benzene rings is 3. The predicted molar refractivity (Wildman–Crippen MR) is 109 cm³/mol. The third kappa shape index (κ3) is 2.70. The summed E-state index contributed by atoms with van der Waals surface area (Å²) in [6.45, 7) is 0. The quantitative estimate of drug-likeness (QED) is 0.349. The number of para-hydroxylation sites is 1. The van der Waals surface area contributed by atoms with E-state index in [-0.39, 0.29) is 0 Å². The number of furan rings is 1. The zero-order valence-electron chi connectivity index (χ0n) is 13.8. The molecule has 2 heterocycles. The van der Waals surface area contributed by atoms with Gasteiger partial charge in [0.15, 0.2) is 0 Å². The van der Waals surface area contributed by atoms with E-state index >= 15 is 0 Å². The van der Waals surface area contributed by atoms with Crippen molar-refractivity contribution in [3.05, 3.63) is 83.7 Å². The molecule has 0 fully saturated rings. The van der Waals surface area contributed by atoms with E-state index in [1.165, 1.54) is 0 Å². The molecule has 0 aliphatic rings. The fourth-order valence-corrected chi connectivity index (χ4v) is 3.69. The maximum Gasteiger partial charge on any atom is 0.209 e. The van der Waals surface area contributed by atoms with Crippen LogP contribution in [0, 0.1) is 0 Å². The van der Waals surface area contributed by atoms with E-state index in [4.69, 9.17) is 4.42 Å². The van der Waals surface area contributed by atoms with E-state index in [1.807, 2.05) is 60.1 Å². The first-order valence-electron chi connectivity index (χ1n) is 8.33. The van der Waals surface area contributed by atoms with E-state index < -0.39 is 0 Å². The van der Waals surface area contributed by atoms with Gasteiger partial charge < -0.3 is 4.42 Å². The summed E-state index contributed by atoms with van der Waals surface area (Å²) in [5.41, 5.74) is 4.89. The second-order valence-corrected chi connectivity index (χ2v) is 6.83. The SMILES string of the molecule is C(=N/c1nc(-c2ccccc2)cs1)/c1ccc2oc3ccccc3c2c1. The Morgan fingerprint density at radius 2 is 1.65 bits per heavy atom. The Labute approximate surface area is 154 Å². The molecule has 0 saturated heterocycles. The number of thiazole rings is 1. The lowest BCUT2D eigenvalue weighted by Gasteiger charge is -1.94. The molecule has 3 aromatic carbocycles. The minimum atomic E-state index is 0.751. The molecule has 5 rings (SSSR count). The van der Waals surface area contributed by atoms with Gasteiger partial charge in [0.2, 0.25) is 5.13 Å². The summed E-state index contributed by atoms with van der Waals surface area (Å²) in [5, 5.41) is 5.02. The average molecular weight is 354 g/mol. The van der Waals surface area contributed by atoms with Crippen LogP contribution >= 0.6 is 11.3 Å². The third-order valence-corrected chi connectivity index (χ3v) is 5.04. The molecule has 5 aromatic rings. The van der Waals surface area contributed by atoms with Crippen LogP contribution in [0.1, 0.15) is 5.56 Å². The minimum absolute atomic E-state index is 0.751. The lowest BCUT2D eigenvalue weighted by molar-refractivity contribution is 0.669. The van der Waals surface area contributed by atoms with E-state index in [2.05, 4.69) is 34.2 Å². The predicted octanol–water partition coefficient (Wildman–Crippen LogP) is 6.46. The van der Waals surface area contributed by atoms with Crippen molar-refractivity contribution >= 4 is 44.6 Å². The van der Waals surface area contributed by atoms with Gasteiger partial charge in [-0.15, -0.1) is 11.3 Å². The molecule has 0 aliphatic heterocycles. The van der Waals surface area contributed by atoms with Gasteiger partial charge in [-0.25, -0.2) is 9.98 Å². The van der Waals surface area contributed by atoms with Crippen molar-refractivity contribution in [2.24, 2.45) is 4.99 Å². The molecule has 2 aromatic heterocycles. The van der Waals surface area contributed by atoms with Crippen LogP contribution in [0.5, 0.6) is 0 Å². The van der Waals surface area contributed by atoms with Gasteiger partial charge in [-0.05, 0) is 29.8 Å². The molecule has 4 heteroatoms. The van der Waals surface area contributed by atoms with E-state index in [0.717, 1.165) is 43.9 Å². The first-order chi connectivity index (χ1) is 12.9. The summed E-state index contributed by atoms with van der Waals surface area (Å²) in [5.74, 6) is 0. The summed E-state index contributed by atoms with van der Waals surface area (Å²) in [4.78, 5) is 9.15. The number of hydrogen-bond acceptors (Lipinski definition) is 4. The van der Waals surface area contributed by atoms with Crippen molar-refractivity contribution in [2.45, 2.75) is 0 Å². The van der Waals surface area contributed by atoms with Gasteiger partial charge in [0.25, 0.3) is 0 Å². The van der Waals surface area contributed by atoms with Crippen LogP contribution in [-0.4, -0.2) is 11.2 Å². The molecular weight excluding hydrogens is 340 g/mol. The highest BCUT2D eigenvalue weighted by molar-refractivity contribution is 7.13. The molecule has 0 bridgehead atoms. The molecule has 3 nitrogen and oxygen atoms in total. The molecular formula is C22H14N2OS. The molecule has 0 N–H and O–H groups in total. The maximum atomic E-state index is 5.87. The summed E-state index contributed by atoms with van der Waals surface area (Å²) in [7, 11) is 0. The minimum Gasteiger partial charge on any atom is -0.456 e. The summed E-state index contributed by atoms with van der Waals surface area (Å²) >= 11 is 1.54. The zero-order chi connectivity index (χ0) is 17.3. The second kappa shape index (κ2) is 6.24. The monoisotopic (exact) mass is 354 g/mol. The molecule has 0 saturated carbocycles. The summed E-state index contributed by atoms with van der Waals surface area (Å²) in [6, 6.07) is 24.3. The molecule has 124 valence electrons. The molecule has 0 amide bonds. The van der Waals surface area contributed by atoms with Crippen molar-refractivity contribution < 1.29 is 4.42 Å². The van der Waals surface area contributed by atoms with Gasteiger partial charge in [0.05, 0.1) is 5.69 Å². The van der Waals surface area contributed by atoms with Gasteiger partial charge in [0.1, 0.15) is 11.2 Å². The Kier molecular flexibility index (Phi) is 3.61. The standard InChI is InChI=1S/C22H14N2OS/c1-2-6-16(7-3-1)19-14-26-22(24-19)23-13-15-10-11-21-18(12-15)17-8-4-5-9-20(17)25-21/h1-14H/b23-13-. The van der Waals surface area contributed by atoms with Crippen molar-refractivity contribution in [3.63, 3.8) is 0 Å². The fraction of sp³-hybridized carbons (Fsp3) is 0. The molecule has 26 heavy (non-hydrogen) atoms. The van der Waals surface area contributed by atoms with E-state index in [0.29, 0.717) is 0 Å². The lowest BCUT2D eigenvalue weighted by Crippen LogP contribution is -1.80. The maximum absolute atomic E-state index is 5.87. The van der Waals surface area contributed by atoms with Crippen LogP contribution in [0.25, 0.3) is 33.2 Å². The van der Waals surface area contributed by atoms with Crippen LogP contribution in [0.3, 0.4) is 0 Å². The molecule has 0 aliphatic carbocycles. The lowest BCUT2D eigenvalue weighted by atomic mass is 10.1. The molecule has 0 radical (unpaired) electrons. The highest BCUT2D eigenvalue weighted by Crippen LogP contribution is 2.29. The Morgan fingerprint density at radius 1 is 0.846 bits per heavy atom. The van der Waals surface area contributed by atoms with E-state index in [9.17, 15) is 0 Å². The number of rotatable bonds is 3. The van der Waals surface area contributed by atoms with Gasteiger partial charge >= 0.3 is 0 Å². The second-order valence-electron chi connectivity index (χ2n) is 5.99. The normalized spacial score (nSPS) is 11.7. The number of fused-ring (bicyclic) bond motifs is 3. The van der Waals surface area contributed by atoms with Gasteiger partial charge in [-0.3, -0.25) is 0 Å². The molecule has 0 spiro atoms. The summed E-state index contributed by atoms with van der Waals surface area (Å²) < 4.78 is 5.87. The van der Waals surface area contributed by atoms with Crippen LogP contribution in [-0.2, 0) is 0 Å². The van der Waals surface area contributed by atoms with Gasteiger partial charge in [0, 0.05) is 27.9 Å². The number of aromatic nitrogens is 1. The average Bonchev–Trinajstić information content (AvgIpc) is 3.31. The highest BCUT2D eigenvalue weighted by atomic mass is 32.1. The zero-order valence-corrected chi connectivity index (χ0v) is 14.6. The third-order valence-electron chi connectivity index (χ3n) is 4.29. The van der Waals surface area contributed by atoms with Crippen molar-refractivity contribution in [3.8, 4) is 11.3 Å². The number of aliphatic imine (C=N–C) groups is 1. The van der Waals surface area contributed by atoms with Crippen LogP contribution < -0.4 is 0 Å². The first kappa shape index (κ1) is 15.0. The summed E-state index contributed by atoms with van der Waals surface area (Å²) in [6.07, 6.45) is 1.86. The molecule has 0 atom stereocenters. The van der Waals surface area contributed by atoms with Crippen LogP contribution in [0.2, 0.25) is 0 Å². The van der Waals surface area contributed by atoms with Crippen molar-refractivity contribution in [2.75, 3.05) is 0 Å². The Morgan fingerprint density at radius 3 is 2.58 bits per heavy atom. The van der Waals surface area contributed by atoms with E-state index in [1.54, 1.807) is 11.3 Å². The Hall–Kier alpha value is -3.24. The van der Waals surface area contributed by atoms with Gasteiger partial charge in [-0.2, -0.15) is 0 Å². The first-order valence-corrected chi connectivity index (χ1v) is 9.21. The number of hydrogen-bond donors (Lipinski definition) is 0. The number of nitrogens with zero attached hydrogens (tertiary/aromatic N) is 2. The largest absolute Gasteiger partial charge is 0.456 e. The van der Waals surface area contributed by atoms with Gasteiger partial charge in [-0.1, -0.05) is 48.5 Å². The molecule has 0 unspecified atom stereocenters. The van der Waals surface area contributed by atoms with Crippen LogP contribution in [0.15, 0.2) is 87.6 Å². The van der Waals surface area contributed by atoms with Crippen molar-refractivity contribution in [1.29, 1.82) is 0 Å². The van der Waals surface area contributed by atoms with Crippen molar-refractivity contribution in [1.82, 2.24) is 4.98 Å². The highest BCUT2D eigenvalue weighted by Gasteiger charge is 2.06. The Balaban J connectivity index is 1.47. The Bertz CT molecular complexity index is 1230.